The number of benzene rings is 1. The van der Waals surface area contributed by atoms with Crippen molar-refractivity contribution in [3.63, 3.8) is 0 Å². The van der Waals surface area contributed by atoms with E-state index in [1.54, 1.807) is 37.6 Å². The Kier molecular flexibility index (Phi) is 4.58. The molecule has 0 fully saturated rings. The first kappa shape index (κ1) is 13.6. The Morgan fingerprint density at radius 3 is 3.00 bits per heavy atom. The highest BCUT2D eigenvalue weighted by atomic mass is 35.5. The van der Waals surface area contributed by atoms with Gasteiger partial charge in [-0.25, -0.2) is 4.98 Å². The molecule has 19 heavy (non-hydrogen) atoms. The molecule has 2 aromatic rings. The zero-order chi connectivity index (χ0) is 13.7. The number of nitrogens with zero attached hydrogens (tertiary/aromatic N) is 2. The van der Waals surface area contributed by atoms with Crippen molar-refractivity contribution in [3.05, 3.63) is 47.5 Å². The van der Waals surface area contributed by atoms with E-state index in [1.807, 2.05) is 10.8 Å². The number of halogens is 1. The van der Waals surface area contributed by atoms with E-state index in [9.17, 15) is 4.79 Å². The van der Waals surface area contributed by atoms with Crippen LogP contribution in [0.1, 0.15) is 23.7 Å². The molecule has 0 saturated carbocycles. The molecule has 0 atom stereocenters. The van der Waals surface area contributed by atoms with Crippen molar-refractivity contribution in [2.45, 2.75) is 19.9 Å². The largest absolute Gasteiger partial charge is 0.384 e. The van der Waals surface area contributed by atoms with E-state index in [1.165, 1.54) is 0 Å². The zero-order valence-corrected chi connectivity index (χ0v) is 11.5. The van der Waals surface area contributed by atoms with Crippen molar-refractivity contribution in [3.8, 4) is 0 Å². The summed E-state index contributed by atoms with van der Waals surface area (Å²) in [5.74, 6) is 0.0399. The van der Waals surface area contributed by atoms with Gasteiger partial charge in [-0.3, -0.25) is 4.79 Å². The molecule has 0 aliphatic rings. The summed E-state index contributed by atoms with van der Waals surface area (Å²) in [7, 11) is 0. The molecule has 100 valence electrons. The minimum atomic E-state index is 0.0399. The van der Waals surface area contributed by atoms with Crippen LogP contribution in [-0.4, -0.2) is 21.9 Å². The fourth-order valence-corrected chi connectivity index (χ4v) is 1.97. The van der Waals surface area contributed by atoms with Crippen molar-refractivity contribution >= 4 is 23.1 Å². The van der Waals surface area contributed by atoms with Gasteiger partial charge in [-0.1, -0.05) is 11.6 Å². The van der Waals surface area contributed by atoms with Crippen LogP contribution in [0.2, 0.25) is 5.02 Å². The average molecular weight is 278 g/mol. The van der Waals surface area contributed by atoms with E-state index in [0.717, 1.165) is 25.2 Å². The Morgan fingerprint density at radius 1 is 1.47 bits per heavy atom. The Labute approximate surface area is 117 Å². The number of hydrogen-bond acceptors (Lipinski definition) is 3. The number of hydrogen-bond donors (Lipinski definition) is 1. The first-order chi connectivity index (χ1) is 9.16. The molecular formula is C14H16ClN3O. The van der Waals surface area contributed by atoms with Gasteiger partial charge in [0.05, 0.1) is 17.0 Å². The smallest absolute Gasteiger partial charge is 0.159 e. The Balaban J connectivity index is 1.88. The number of imidazole rings is 1. The van der Waals surface area contributed by atoms with Crippen LogP contribution in [0, 0.1) is 0 Å². The molecule has 1 N–H and O–H groups in total. The predicted molar refractivity (Wildman–Crippen MR) is 76.8 cm³/mol. The molecule has 0 unspecified atom stereocenters. The lowest BCUT2D eigenvalue weighted by atomic mass is 10.1. The maximum atomic E-state index is 11.3. The highest BCUT2D eigenvalue weighted by Crippen LogP contribution is 2.23. The lowest BCUT2D eigenvalue weighted by molar-refractivity contribution is 0.101. The molecule has 1 aromatic heterocycles. The molecular weight excluding hydrogens is 262 g/mol. The lowest BCUT2D eigenvalue weighted by Gasteiger charge is -2.09. The number of Topliss-reactive ketones (excluding diaryl/α,β-unsaturated/α-hetero) is 1. The number of anilines is 1. The monoisotopic (exact) mass is 277 g/mol. The fraction of sp³-hybridized carbons (Fsp3) is 0.286. The number of aryl methyl sites for hydroxylation is 1. The Morgan fingerprint density at radius 2 is 2.32 bits per heavy atom. The minimum absolute atomic E-state index is 0.0399. The molecule has 0 bridgehead atoms. The summed E-state index contributed by atoms with van der Waals surface area (Å²) < 4.78 is 2.02. The molecule has 1 aromatic carbocycles. The van der Waals surface area contributed by atoms with Gasteiger partial charge in [0.1, 0.15) is 0 Å². The number of aromatic nitrogens is 2. The number of nitrogens with one attached hydrogen (secondary N) is 1. The zero-order valence-electron chi connectivity index (χ0n) is 10.8. The molecule has 0 spiro atoms. The van der Waals surface area contributed by atoms with Gasteiger partial charge in [0.2, 0.25) is 0 Å². The maximum Gasteiger partial charge on any atom is 0.159 e. The number of carbonyl (C=O) groups excluding carboxylic acids is 1. The summed E-state index contributed by atoms with van der Waals surface area (Å²) in [4.78, 5) is 15.3. The van der Waals surface area contributed by atoms with Gasteiger partial charge < -0.3 is 9.88 Å². The molecule has 5 heteroatoms. The third-order valence-electron chi connectivity index (χ3n) is 2.84. The van der Waals surface area contributed by atoms with Crippen LogP contribution in [0.3, 0.4) is 0 Å². The molecule has 0 aliphatic heterocycles. The summed E-state index contributed by atoms with van der Waals surface area (Å²) in [5, 5.41) is 3.88. The second-order valence-corrected chi connectivity index (χ2v) is 4.74. The third-order valence-corrected chi connectivity index (χ3v) is 3.17. The number of ketones is 1. The van der Waals surface area contributed by atoms with E-state index in [-0.39, 0.29) is 5.78 Å². The van der Waals surface area contributed by atoms with Crippen molar-refractivity contribution in [1.82, 2.24) is 9.55 Å². The summed E-state index contributed by atoms with van der Waals surface area (Å²) in [5.41, 5.74) is 1.47. The molecule has 0 aliphatic carbocycles. The van der Waals surface area contributed by atoms with Crippen LogP contribution in [0.15, 0.2) is 36.9 Å². The van der Waals surface area contributed by atoms with E-state index >= 15 is 0 Å². The van der Waals surface area contributed by atoms with Gasteiger partial charge in [-0.05, 0) is 31.5 Å². The maximum absolute atomic E-state index is 11.3. The van der Waals surface area contributed by atoms with Crippen LogP contribution in [-0.2, 0) is 6.54 Å². The Bertz CT molecular complexity index is 552. The third kappa shape index (κ3) is 3.83. The van der Waals surface area contributed by atoms with Gasteiger partial charge in [0.15, 0.2) is 5.78 Å². The molecule has 2 rings (SSSR count). The van der Waals surface area contributed by atoms with Gasteiger partial charge in [0.25, 0.3) is 0 Å². The second-order valence-electron chi connectivity index (χ2n) is 4.33. The normalized spacial score (nSPS) is 10.4. The number of rotatable bonds is 6. The molecule has 4 nitrogen and oxygen atoms in total. The summed E-state index contributed by atoms with van der Waals surface area (Å²) in [6, 6.07) is 5.28. The van der Waals surface area contributed by atoms with Crippen molar-refractivity contribution in [2.75, 3.05) is 11.9 Å². The molecule has 0 saturated heterocycles. The number of carbonyl (C=O) groups is 1. The van der Waals surface area contributed by atoms with Gasteiger partial charge >= 0.3 is 0 Å². The van der Waals surface area contributed by atoms with E-state index in [4.69, 9.17) is 11.6 Å². The minimum Gasteiger partial charge on any atom is -0.384 e. The summed E-state index contributed by atoms with van der Waals surface area (Å²) >= 11 is 6.09. The predicted octanol–water partition coefficient (Wildman–Crippen LogP) is 3.24. The van der Waals surface area contributed by atoms with Crippen molar-refractivity contribution in [1.29, 1.82) is 0 Å². The highest BCUT2D eigenvalue weighted by molar-refractivity contribution is 6.33. The standard InChI is InChI=1S/C14H16ClN3O/c1-11(19)12-3-4-13(15)14(9-12)17-5-2-7-18-8-6-16-10-18/h3-4,6,8-10,17H,2,5,7H2,1H3. The van der Waals surface area contributed by atoms with Crippen LogP contribution in [0.4, 0.5) is 5.69 Å². The van der Waals surface area contributed by atoms with Crippen LogP contribution >= 0.6 is 11.6 Å². The van der Waals surface area contributed by atoms with Gasteiger partial charge in [-0.15, -0.1) is 0 Å². The summed E-state index contributed by atoms with van der Waals surface area (Å²) in [6.45, 7) is 3.24. The molecule has 1 heterocycles. The van der Waals surface area contributed by atoms with E-state index < -0.39 is 0 Å². The van der Waals surface area contributed by atoms with E-state index in [2.05, 4.69) is 10.3 Å². The van der Waals surface area contributed by atoms with Crippen molar-refractivity contribution < 1.29 is 4.79 Å². The fourth-order valence-electron chi connectivity index (χ4n) is 1.78. The topological polar surface area (TPSA) is 46.9 Å². The second kappa shape index (κ2) is 6.38. The Hall–Kier alpha value is -1.81. The SMILES string of the molecule is CC(=O)c1ccc(Cl)c(NCCCn2ccnc2)c1. The molecule has 0 radical (unpaired) electrons. The van der Waals surface area contributed by atoms with E-state index in [0.29, 0.717) is 10.6 Å². The van der Waals surface area contributed by atoms with Crippen LogP contribution in [0.5, 0.6) is 0 Å². The van der Waals surface area contributed by atoms with Gasteiger partial charge in [-0.2, -0.15) is 0 Å². The van der Waals surface area contributed by atoms with Crippen molar-refractivity contribution in [2.24, 2.45) is 0 Å². The average Bonchev–Trinajstić information content (AvgIpc) is 2.89. The molecule has 0 amide bonds. The first-order valence-corrected chi connectivity index (χ1v) is 6.55. The highest BCUT2D eigenvalue weighted by Gasteiger charge is 2.04. The van der Waals surface area contributed by atoms with Gasteiger partial charge in [0, 0.05) is 31.0 Å². The quantitative estimate of drug-likeness (QED) is 0.651. The first-order valence-electron chi connectivity index (χ1n) is 6.17. The summed E-state index contributed by atoms with van der Waals surface area (Å²) in [6.07, 6.45) is 6.45. The van der Waals surface area contributed by atoms with Crippen LogP contribution < -0.4 is 5.32 Å². The van der Waals surface area contributed by atoms with Crippen LogP contribution in [0.25, 0.3) is 0 Å². The lowest BCUT2D eigenvalue weighted by Crippen LogP contribution is -2.06.